The molecule has 0 N–H and O–H groups in total. The first-order chi connectivity index (χ1) is 6.07. The van der Waals surface area contributed by atoms with E-state index in [4.69, 9.17) is 11.6 Å². The fourth-order valence-corrected chi connectivity index (χ4v) is 0.447. The van der Waals surface area contributed by atoms with Crippen molar-refractivity contribution in [3.05, 3.63) is 12.7 Å². The molecule has 0 aliphatic heterocycles. The summed E-state index contributed by atoms with van der Waals surface area (Å²) in [5.41, 5.74) is 0. The van der Waals surface area contributed by atoms with Gasteiger partial charge in [0.25, 0.3) is 0 Å². The molecule has 0 aromatic carbocycles. The highest BCUT2D eigenvalue weighted by Crippen LogP contribution is 1.87. The molecule has 0 aliphatic carbocycles. The lowest BCUT2D eigenvalue weighted by atomic mass is 10.6. The fourth-order valence-electron chi connectivity index (χ4n) is 0.392. The molecule has 0 aromatic heterocycles. The first-order valence-electron chi connectivity index (χ1n) is 3.23. The molecule has 0 saturated carbocycles. The van der Waals surface area contributed by atoms with Crippen molar-refractivity contribution < 1.29 is 23.9 Å². The lowest BCUT2D eigenvalue weighted by molar-refractivity contribution is -0.153. The van der Waals surface area contributed by atoms with Gasteiger partial charge in [-0.05, 0) is 11.6 Å². The standard InChI is InChI=1S/C7H7ClO5/c1-2-5(9)12-3-4-13-7(11)6(8)10/h2H,1,3-4H2. The topological polar surface area (TPSA) is 69.7 Å². The van der Waals surface area contributed by atoms with Crippen LogP contribution in [-0.4, -0.2) is 30.4 Å². The van der Waals surface area contributed by atoms with Crippen LogP contribution in [0.3, 0.4) is 0 Å². The van der Waals surface area contributed by atoms with Gasteiger partial charge >= 0.3 is 17.2 Å². The molecule has 0 spiro atoms. The van der Waals surface area contributed by atoms with Gasteiger partial charge < -0.3 is 9.47 Å². The lowest BCUT2D eigenvalue weighted by Gasteiger charge is -2.01. The van der Waals surface area contributed by atoms with Crippen LogP contribution in [0.25, 0.3) is 0 Å². The van der Waals surface area contributed by atoms with Gasteiger partial charge in [-0.1, -0.05) is 6.58 Å². The van der Waals surface area contributed by atoms with Gasteiger partial charge in [-0.15, -0.1) is 0 Å². The number of ether oxygens (including phenoxy) is 2. The highest BCUT2D eigenvalue weighted by Gasteiger charge is 2.10. The van der Waals surface area contributed by atoms with Crippen LogP contribution in [-0.2, 0) is 23.9 Å². The lowest BCUT2D eigenvalue weighted by Crippen LogP contribution is -2.16. The monoisotopic (exact) mass is 206 g/mol. The number of carbonyl (C=O) groups is 3. The Hall–Kier alpha value is -1.36. The van der Waals surface area contributed by atoms with Crippen molar-refractivity contribution in [2.45, 2.75) is 0 Å². The zero-order valence-electron chi connectivity index (χ0n) is 6.62. The summed E-state index contributed by atoms with van der Waals surface area (Å²) in [5.74, 6) is -1.80. The van der Waals surface area contributed by atoms with Crippen molar-refractivity contribution in [3.8, 4) is 0 Å². The van der Waals surface area contributed by atoms with Crippen molar-refractivity contribution in [1.29, 1.82) is 0 Å². The second kappa shape index (κ2) is 6.19. The van der Waals surface area contributed by atoms with E-state index in [1.54, 1.807) is 0 Å². The summed E-state index contributed by atoms with van der Waals surface area (Å²) in [6.07, 6.45) is 0.967. The Morgan fingerprint density at radius 1 is 1.23 bits per heavy atom. The zero-order valence-corrected chi connectivity index (χ0v) is 7.37. The van der Waals surface area contributed by atoms with Gasteiger partial charge in [-0.2, -0.15) is 0 Å². The van der Waals surface area contributed by atoms with Crippen LogP contribution in [0.15, 0.2) is 12.7 Å². The first kappa shape index (κ1) is 11.6. The van der Waals surface area contributed by atoms with Crippen LogP contribution in [0.4, 0.5) is 0 Å². The van der Waals surface area contributed by atoms with E-state index in [-0.39, 0.29) is 13.2 Å². The molecule has 5 nitrogen and oxygen atoms in total. The third kappa shape index (κ3) is 5.86. The van der Waals surface area contributed by atoms with E-state index in [9.17, 15) is 14.4 Å². The smallest absolute Gasteiger partial charge is 0.391 e. The van der Waals surface area contributed by atoms with E-state index in [0.717, 1.165) is 6.08 Å². The normalized spacial score (nSPS) is 8.69. The Kier molecular flexibility index (Phi) is 5.54. The van der Waals surface area contributed by atoms with Crippen molar-refractivity contribution in [2.75, 3.05) is 13.2 Å². The molecule has 6 heteroatoms. The third-order valence-corrected chi connectivity index (χ3v) is 1.04. The van der Waals surface area contributed by atoms with Gasteiger partial charge in [0, 0.05) is 6.08 Å². The molecular weight excluding hydrogens is 200 g/mol. The summed E-state index contributed by atoms with van der Waals surface area (Å²) >= 11 is 4.76. The molecule has 0 aromatic rings. The largest absolute Gasteiger partial charge is 0.459 e. The summed E-state index contributed by atoms with van der Waals surface area (Å²) in [4.78, 5) is 30.9. The van der Waals surface area contributed by atoms with E-state index in [0.29, 0.717) is 0 Å². The van der Waals surface area contributed by atoms with E-state index in [1.807, 2.05) is 0 Å². The van der Waals surface area contributed by atoms with Crippen LogP contribution < -0.4 is 0 Å². The minimum Gasteiger partial charge on any atom is -0.459 e. The van der Waals surface area contributed by atoms with Gasteiger partial charge in [-0.25, -0.2) is 9.59 Å². The number of carbonyl (C=O) groups excluding carboxylic acids is 3. The van der Waals surface area contributed by atoms with Crippen LogP contribution >= 0.6 is 11.6 Å². The molecular formula is C7H7ClO5. The summed E-state index contributed by atoms with van der Waals surface area (Å²) < 4.78 is 8.70. The Labute approximate surface area is 79.3 Å². The second-order valence-electron chi connectivity index (χ2n) is 1.78. The summed E-state index contributed by atoms with van der Waals surface area (Å²) in [6.45, 7) is 2.80. The average molecular weight is 207 g/mol. The quantitative estimate of drug-likeness (QED) is 0.209. The number of hydrogen-bond donors (Lipinski definition) is 0. The van der Waals surface area contributed by atoms with E-state index < -0.39 is 17.2 Å². The number of esters is 2. The second-order valence-corrected chi connectivity index (χ2v) is 2.12. The Morgan fingerprint density at radius 3 is 2.23 bits per heavy atom. The Bertz CT molecular complexity index is 235. The molecule has 0 atom stereocenters. The van der Waals surface area contributed by atoms with Crippen molar-refractivity contribution in [1.82, 2.24) is 0 Å². The van der Waals surface area contributed by atoms with Crippen molar-refractivity contribution in [3.63, 3.8) is 0 Å². The molecule has 0 saturated heterocycles. The maximum absolute atomic E-state index is 10.4. The minimum atomic E-state index is -1.21. The number of halogens is 1. The van der Waals surface area contributed by atoms with Gasteiger partial charge in [0.2, 0.25) is 0 Å². The zero-order chi connectivity index (χ0) is 10.3. The Balaban J connectivity index is 3.46. The molecule has 0 rings (SSSR count). The van der Waals surface area contributed by atoms with E-state index in [1.165, 1.54) is 0 Å². The fraction of sp³-hybridized carbons (Fsp3) is 0.286. The molecule has 0 aliphatic rings. The molecule has 0 bridgehead atoms. The van der Waals surface area contributed by atoms with Gasteiger partial charge in [0.1, 0.15) is 13.2 Å². The van der Waals surface area contributed by atoms with Gasteiger partial charge in [-0.3, -0.25) is 4.79 Å². The van der Waals surface area contributed by atoms with Gasteiger partial charge in [0.15, 0.2) is 0 Å². The average Bonchev–Trinajstić information content (AvgIpc) is 2.11. The summed E-state index contributed by atoms with van der Waals surface area (Å²) in [5, 5.41) is -1.21. The molecule has 0 heterocycles. The molecule has 72 valence electrons. The summed E-state index contributed by atoms with van der Waals surface area (Å²) in [6, 6.07) is 0. The number of rotatable bonds is 5. The van der Waals surface area contributed by atoms with E-state index in [2.05, 4.69) is 16.1 Å². The maximum atomic E-state index is 10.4. The SMILES string of the molecule is C=CC(=O)OCCOC(=O)C(=O)Cl. The highest BCUT2D eigenvalue weighted by atomic mass is 35.5. The predicted octanol–water partition coefficient (Wildman–Crippen LogP) is 0.0242. The number of hydrogen-bond acceptors (Lipinski definition) is 5. The predicted molar refractivity (Wildman–Crippen MR) is 43.0 cm³/mol. The molecule has 13 heavy (non-hydrogen) atoms. The van der Waals surface area contributed by atoms with Crippen LogP contribution in [0, 0.1) is 0 Å². The molecule has 0 radical (unpaired) electrons. The molecule has 0 fully saturated rings. The van der Waals surface area contributed by atoms with Crippen LogP contribution in [0.2, 0.25) is 0 Å². The van der Waals surface area contributed by atoms with E-state index >= 15 is 0 Å². The van der Waals surface area contributed by atoms with Crippen LogP contribution in [0.1, 0.15) is 0 Å². The first-order valence-corrected chi connectivity index (χ1v) is 3.61. The van der Waals surface area contributed by atoms with Crippen molar-refractivity contribution >= 4 is 28.8 Å². The minimum absolute atomic E-state index is 0.138. The van der Waals surface area contributed by atoms with Crippen LogP contribution in [0.5, 0.6) is 0 Å². The summed E-state index contributed by atoms with van der Waals surface area (Å²) in [7, 11) is 0. The van der Waals surface area contributed by atoms with Gasteiger partial charge in [0.05, 0.1) is 0 Å². The third-order valence-electron chi connectivity index (χ3n) is 0.888. The van der Waals surface area contributed by atoms with Crippen molar-refractivity contribution in [2.24, 2.45) is 0 Å². The highest BCUT2D eigenvalue weighted by molar-refractivity contribution is 6.80. The molecule has 0 unspecified atom stereocenters. The maximum Gasteiger partial charge on any atom is 0.391 e. The molecule has 0 amide bonds. The Morgan fingerprint density at radius 2 is 1.77 bits per heavy atom.